The van der Waals surface area contributed by atoms with Gasteiger partial charge in [-0.1, -0.05) is 55.1 Å². The number of carbonyl (C=O) groups is 1. The van der Waals surface area contributed by atoms with Crippen LogP contribution in [0.5, 0.6) is 0 Å². The van der Waals surface area contributed by atoms with Gasteiger partial charge in [-0.15, -0.1) is 0 Å². The molecule has 3 heteroatoms. The molecule has 0 amide bonds. The summed E-state index contributed by atoms with van der Waals surface area (Å²) in [4.78, 5) is 14.0. The smallest absolute Gasteiger partial charge is 0.210 e. The Morgan fingerprint density at radius 1 is 1.40 bits per heavy atom. The van der Waals surface area contributed by atoms with Crippen LogP contribution in [0.3, 0.4) is 0 Å². The molecule has 0 fully saturated rings. The molecule has 0 saturated heterocycles. The van der Waals surface area contributed by atoms with E-state index in [2.05, 4.69) is 19.7 Å². The highest BCUT2D eigenvalue weighted by Gasteiger charge is 2.30. The molecule has 0 aliphatic carbocycles. The van der Waals surface area contributed by atoms with Crippen molar-refractivity contribution in [3.8, 4) is 0 Å². The maximum Gasteiger partial charge on any atom is 0.210 e. The number of benzene rings is 1. The third-order valence-electron chi connectivity index (χ3n) is 3.33. The number of hydrogen-bond donors (Lipinski definition) is 0. The van der Waals surface area contributed by atoms with Crippen molar-refractivity contribution in [3.05, 3.63) is 77.5 Å². The summed E-state index contributed by atoms with van der Waals surface area (Å²) in [5.41, 5.74) is 3.69. The molecule has 2 rings (SSSR count). The van der Waals surface area contributed by atoms with Crippen LogP contribution in [0.2, 0.25) is 0 Å². The van der Waals surface area contributed by atoms with E-state index >= 15 is 0 Å². The van der Waals surface area contributed by atoms with E-state index in [4.69, 9.17) is 11.6 Å². The Balaban J connectivity index is 2.44. The summed E-state index contributed by atoms with van der Waals surface area (Å²) in [6.45, 7) is 13.8. The van der Waals surface area contributed by atoms with E-state index in [-0.39, 0.29) is 5.78 Å². The van der Waals surface area contributed by atoms with Crippen LogP contribution >= 0.6 is 11.6 Å². The number of ketones is 1. The molecule has 1 heterocycles. The Morgan fingerprint density at radius 2 is 2.05 bits per heavy atom. The number of Topliss-reactive ketones (excluding diaryl/α,β-unsaturated/α-hetero) is 1. The van der Waals surface area contributed by atoms with Crippen molar-refractivity contribution < 1.29 is 4.79 Å². The normalized spacial score (nSPS) is 15.0. The van der Waals surface area contributed by atoms with Gasteiger partial charge >= 0.3 is 0 Å². The first-order valence-corrected chi connectivity index (χ1v) is 6.62. The molecule has 2 nitrogen and oxygen atoms in total. The zero-order valence-electron chi connectivity index (χ0n) is 11.4. The molecule has 0 radical (unpaired) electrons. The molecule has 1 aliphatic rings. The third kappa shape index (κ3) is 2.35. The van der Waals surface area contributed by atoms with Crippen molar-refractivity contribution in [3.63, 3.8) is 0 Å². The third-order valence-corrected chi connectivity index (χ3v) is 3.71. The number of nitrogens with zero attached hydrogens (tertiary/aromatic N) is 1. The lowest BCUT2D eigenvalue weighted by Gasteiger charge is -2.22. The number of para-hydroxylation sites is 1. The maximum atomic E-state index is 12.2. The van der Waals surface area contributed by atoms with Gasteiger partial charge in [0.25, 0.3) is 0 Å². The summed E-state index contributed by atoms with van der Waals surface area (Å²) in [7, 11) is 0. The van der Waals surface area contributed by atoms with Crippen molar-refractivity contribution in [2.45, 2.75) is 6.92 Å². The summed E-state index contributed by atoms with van der Waals surface area (Å²) in [5, 5.41) is 0.544. The minimum atomic E-state index is -0.0450. The fourth-order valence-electron chi connectivity index (χ4n) is 2.20. The molecule has 0 N–H and O–H groups in total. The Hall–Kier alpha value is -2.06. The van der Waals surface area contributed by atoms with E-state index in [9.17, 15) is 4.79 Å². The molecule has 0 unspecified atom stereocenters. The molecule has 0 aromatic heterocycles. The highest BCUT2D eigenvalue weighted by molar-refractivity contribution is 6.31. The van der Waals surface area contributed by atoms with Gasteiger partial charge in [0.2, 0.25) is 5.78 Å². The Morgan fingerprint density at radius 3 is 2.65 bits per heavy atom. The number of carbonyl (C=O) groups excluding carboxylic acids is 1. The number of allylic oxidation sites excluding steroid dienone is 3. The second-order valence-corrected chi connectivity index (χ2v) is 5.10. The SMILES string of the molecule is C=C/C(Cl)=C(/CN1C(=C)C(=O)c2ccccc21)C(=C)C. The van der Waals surface area contributed by atoms with Crippen LogP contribution in [-0.2, 0) is 0 Å². The molecule has 1 aromatic carbocycles. The molecule has 20 heavy (non-hydrogen) atoms. The lowest BCUT2D eigenvalue weighted by atomic mass is 10.1. The quantitative estimate of drug-likeness (QED) is 0.601. The Bertz CT molecular complexity index is 655. The van der Waals surface area contributed by atoms with Crippen molar-refractivity contribution in [2.24, 2.45) is 0 Å². The van der Waals surface area contributed by atoms with Crippen LogP contribution in [0, 0.1) is 0 Å². The van der Waals surface area contributed by atoms with Crippen molar-refractivity contribution in [1.82, 2.24) is 0 Å². The second-order valence-electron chi connectivity index (χ2n) is 4.69. The van der Waals surface area contributed by atoms with Crippen LogP contribution in [0.15, 0.2) is 72.0 Å². The molecule has 1 aliphatic heterocycles. The van der Waals surface area contributed by atoms with Crippen LogP contribution in [0.4, 0.5) is 5.69 Å². The monoisotopic (exact) mass is 285 g/mol. The summed E-state index contributed by atoms with van der Waals surface area (Å²) in [6.07, 6.45) is 1.58. The largest absolute Gasteiger partial charge is 0.334 e. The number of rotatable bonds is 4. The first kappa shape index (κ1) is 14.4. The molecule has 102 valence electrons. The summed E-state index contributed by atoms with van der Waals surface area (Å²) in [5.74, 6) is -0.0450. The van der Waals surface area contributed by atoms with Gasteiger partial charge in [0.1, 0.15) is 0 Å². The highest BCUT2D eigenvalue weighted by atomic mass is 35.5. The average molecular weight is 286 g/mol. The van der Waals surface area contributed by atoms with Crippen LogP contribution in [0.25, 0.3) is 0 Å². The van der Waals surface area contributed by atoms with Gasteiger partial charge < -0.3 is 4.90 Å². The number of anilines is 1. The van der Waals surface area contributed by atoms with Gasteiger partial charge in [-0.3, -0.25) is 4.79 Å². The Kier molecular flexibility index (Phi) is 3.96. The molecular weight excluding hydrogens is 270 g/mol. The number of fused-ring (bicyclic) bond motifs is 1. The molecule has 1 aromatic rings. The maximum absolute atomic E-state index is 12.2. The summed E-state index contributed by atoms with van der Waals surface area (Å²) >= 11 is 6.18. The highest BCUT2D eigenvalue weighted by Crippen LogP contribution is 2.35. The van der Waals surface area contributed by atoms with Gasteiger partial charge in [-0.2, -0.15) is 0 Å². The van der Waals surface area contributed by atoms with E-state index in [0.717, 1.165) is 16.8 Å². The molecule has 0 saturated carbocycles. The first-order valence-electron chi connectivity index (χ1n) is 6.24. The van der Waals surface area contributed by atoms with Crippen molar-refractivity contribution >= 4 is 23.1 Å². The lowest BCUT2D eigenvalue weighted by Crippen LogP contribution is -2.23. The topological polar surface area (TPSA) is 20.3 Å². The van der Waals surface area contributed by atoms with E-state index in [0.29, 0.717) is 22.8 Å². The van der Waals surface area contributed by atoms with Gasteiger partial charge in [-0.05, 0) is 24.6 Å². The standard InChI is InChI=1S/C17H16ClNO/c1-5-15(18)14(11(2)3)10-19-12(4)17(20)13-8-6-7-9-16(13)19/h5-9H,1-2,4,10H2,3H3/b15-14+. The molecule has 0 spiro atoms. The first-order chi connectivity index (χ1) is 9.47. The van der Waals surface area contributed by atoms with Gasteiger partial charge in [-0.25, -0.2) is 0 Å². The minimum absolute atomic E-state index is 0.0450. The van der Waals surface area contributed by atoms with E-state index < -0.39 is 0 Å². The van der Waals surface area contributed by atoms with Gasteiger partial charge in [0.05, 0.1) is 11.4 Å². The predicted octanol–water partition coefficient (Wildman–Crippen LogP) is 4.46. The van der Waals surface area contributed by atoms with Crippen molar-refractivity contribution in [2.75, 3.05) is 11.4 Å². The predicted molar refractivity (Wildman–Crippen MR) is 85.1 cm³/mol. The van der Waals surface area contributed by atoms with Crippen LogP contribution in [-0.4, -0.2) is 12.3 Å². The molecule has 0 bridgehead atoms. The van der Waals surface area contributed by atoms with Crippen LogP contribution < -0.4 is 4.90 Å². The van der Waals surface area contributed by atoms with E-state index in [1.807, 2.05) is 36.1 Å². The molecular formula is C17H16ClNO. The fraction of sp³-hybridized carbons (Fsp3) is 0.118. The summed E-state index contributed by atoms with van der Waals surface area (Å²) in [6, 6.07) is 7.46. The van der Waals surface area contributed by atoms with Gasteiger partial charge in [0.15, 0.2) is 0 Å². The average Bonchev–Trinajstić information content (AvgIpc) is 2.68. The van der Waals surface area contributed by atoms with Crippen LogP contribution in [0.1, 0.15) is 17.3 Å². The molecule has 0 atom stereocenters. The number of hydrogen-bond acceptors (Lipinski definition) is 2. The second kappa shape index (κ2) is 5.51. The fourth-order valence-corrected chi connectivity index (χ4v) is 2.42. The number of halogens is 1. The zero-order valence-corrected chi connectivity index (χ0v) is 12.2. The van der Waals surface area contributed by atoms with Gasteiger partial charge in [0, 0.05) is 17.1 Å². The minimum Gasteiger partial charge on any atom is -0.334 e. The Labute approximate surface area is 124 Å². The van der Waals surface area contributed by atoms with Crippen molar-refractivity contribution in [1.29, 1.82) is 0 Å². The lowest BCUT2D eigenvalue weighted by molar-refractivity contribution is 0.104. The van der Waals surface area contributed by atoms with E-state index in [1.54, 1.807) is 6.08 Å². The summed E-state index contributed by atoms with van der Waals surface area (Å²) < 4.78 is 0. The zero-order chi connectivity index (χ0) is 14.9. The van der Waals surface area contributed by atoms with E-state index in [1.165, 1.54) is 0 Å².